The smallest absolute Gasteiger partial charge is 0.318 e. The largest absolute Gasteiger partial charge is 0.497 e. The maximum atomic E-state index is 13.0. The Morgan fingerprint density at radius 1 is 1.13 bits per heavy atom. The number of hydrogen-bond acceptors (Lipinski definition) is 4. The molecule has 0 bridgehead atoms. The quantitative estimate of drug-likeness (QED) is 0.627. The lowest BCUT2D eigenvalue weighted by Gasteiger charge is -2.27. The van der Waals surface area contributed by atoms with E-state index in [1.807, 2.05) is 52.2 Å². The minimum Gasteiger partial charge on any atom is -0.497 e. The summed E-state index contributed by atoms with van der Waals surface area (Å²) in [5, 5.41) is 7.34. The highest BCUT2D eigenvalue weighted by Crippen LogP contribution is 2.38. The fourth-order valence-corrected chi connectivity index (χ4v) is 4.13. The van der Waals surface area contributed by atoms with Crippen LogP contribution in [-0.4, -0.2) is 41.5 Å². The van der Waals surface area contributed by atoms with Crippen molar-refractivity contribution >= 4 is 6.03 Å². The highest BCUT2D eigenvalue weighted by molar-refractivity contribution is 5.75. The lowest BCUT2D eigenvalue weighted by atomic mass is 10.0. The molecule has 1 aliphatic rings. The van der Waals surface area contributed by atoms with Crippen LogP contribution < -0.4 is 14.8 Å². The van der Waals surface area contributed by atoms with Crippen molar-refractivity contribution in [2.24, 2.45) is 0 Å². The summed E-state index contributed by atoms with van der Waals surface area (Å²) in [5.74, 6) is 1.54. The van der Waals surface area contributed by atoms with Gasteiger partial charge in [-0.05, 0) is 48.2 Å². The minimum atomic E-state index is -0.0650. The molecule has 1 aromatic heterocycles. The number of nitrogens with zero attached hydrogens (tertiary/aromatic N) is 3. The van der Waals surface area contributed by atoms with Gasteiger partial charge >= 0.3 is 6.03 Å². The molecule has 7 heteroatoms. The SMILES string of the molecule is COc1ccc(OC)c(C2CCCN2C(=O)NCc2cccc(Cn3cccn3)c2)c1. The maximum Gasteiger partial charge on any atom is 0.318 e. The molecule has 1 fully saturated rings. The highest BCUT2D eigenvalue weighted by Gasteiger charge is 2.32. The van der Waals surface area contributed by atoms with Crippen LogP contribution in [0.1, 0.15) is 35.6 Å². The van der Waals surface area contributed by atoms with Crippen molar-refractivity contribution in [3.8, 4) is 11.5 Å². The zero-order valence-electron chi connectivity index (χ0n) is 18.0. The molecule has 7 nitrogen and oxygen atoms in total. The van der Waals surface area contributed by atoms with Crippen molar-refractivity contribution < 1.29 is 14.3 Å². The first kappa shape index (κ1) is 20.8. The van der Waals surface area contributed by atoms with Crippen molar-refractivity contribution in [1.82, 2.24) is 20.0 Å². The van der Waals surface area contributed by atoms with Crippen LogP contribution in [0, 0.1) is 0 Å². The van der Waals surface area contributed by atoms with Crippen LogP contribution >= 0.6 is 0 Å². The number of rotatable bonds is 7. The number of carbonyl (C=O) groups is 1. The van der Waals surface area contributed by atoms with E-state index < -0.39 is 0 Å². The van der Waals surface area contributed by atoms with E-state index in [1.54, 1.807) is 20.4 Å². The van der Waals surface area contributed by atoms with Crippen molar-refractivity contribution in [2.45, 2.75) is 32.0 Å². The number of hydrogen-bond donors (Lipinski definition) is 1. The summed E-state index contributed by atoms with van der Waals surface area (Å²) in [6, 6.07) is 15.8. The summed E-state index contributed by atoms with van der Waals surface area (Å²) < 4.78 is 12.8. The molecule has 2 heterocycles. The number of carbonyl (C=O) groups excluding carboxylic acids is 1. The monoisotopic (exact) mass is 420 g/mol. The Morgan fingerprint density at radius 3 is 2.77 bits per heavy atom. The van der Waals surface area contributed by atoms with Gasteiger partial charge in [-0.15, -0.1) is 0 Å². The second kappa shape index (κ2) is 9.55. The van der Waals surface area contributed by atoms with Crippen LogP contribution in [0.4, 0.5) is 4.79 Å². The zero-order valence-corrected chi connectivity index (χ0v) is 18.0. The van der Waals surface area contributed by atoms with Gasteiger partial charge < -0.3 is 19.7 Å². The van der Waals surface area contributed by atoms with E-state index in [4.69, 9.17) is 9.47 Å². The lowest BCUT2D eigenvalue weighted by molar-refractivity contribution is 0.191. The molecular formula is C24H28N4O3. The number of urea groups is 1. The summed E-state index contributed by atoms with van der Waals surface area (Å²) >= 11 is 0. The van der Waals surface area contributed by atoms with Crippen LogP contribution in [0.15, 0.2) is 60.9 Å². The Kier molecular flexibility index (Phi) is 6.40. The average molecular weight is 421 g/mol. The third-order valence-electron chi connectivity index (χ3n) is 5.65. The van der Waals surface area contributed by atoms with E-state index in [1.165, 1.54) is 0 Å². The molecule has 1 unspecified atom stereocenters. The predicted octanol–water partition coefficient (Wildman–Crippen LogP) is 4.00. The van der Waals surface area contributed by atoms with Crippen LogP contribution in [0.25, 0.3) is 0 Å². The Labute approximate surface area is 182 Å². The molecule has 4 rings (SSSR count). The van der Waals surface area contributed by atoms with E-state index in [0.29, 0.717) is 13.1 Å². The first-order chi connectivity index (χ1) is 15.2. The molecule has 162 valence electrons. The molecular weight excluding hydrogens is 392 g/mol. The summed E-state index contributed by atoms with van der Waals surface area (Å²) in [6.07, 6.45) is 5.57. The molecule has 1 aliphatic heterocycles. The molecule has 0 aliphatic carbocycles. The van der Waals surface area contributed by atoms with Crippen LogP contribution in [0.3, 0.4) is 0 Å². The van der Waals surface area contributed by atoms with Gasteiger partial charge in [-0.1, -0.05) is 24.3 Å². The summed E-state index contributed by atoms with van der Waals surface area (Å²) in [5.41, 5.74) is 3.19. The number of benzene rings is 2. The van der Waals surface area contributed by atoms with Crippen molar-refractivity contribution in [3.63, 3.8) is 0 Å². The van der Waals surface area contributed by atoms with Crippen molar-refractivity contribution in [3.05, 3.63) is 77.6 Å². The highest BCUT2D eigenvalue weighted by atomic mass is 16.5. The van der Waals surface area contributed by atoms with Gasteiger partial charge in [-0.3, -0.25) is 4.68 Å². The molecule has 0 radical (unpaired) electrons. The van der Waals surface area contributed by atoms with Crippen LogP contribution in [0.2, 0.25) is 0 Å². The number of amides is 2. The Morgan fingerprint density at radius 2 is 2.00 bits per heavy atom. The van der Waals surface area contributed by atoms with E-state index in [9.17, 15) is 4.79 Å². The van der Waals surface area contributed by atoms with Gasteiger partial charge in [0, 0.05) is 31.0 Å². The molecule has 0 spiro atoms. The second-order valence-corrected chi connectivity index (χ2v) is 7.64. The van der Waals surface area contributed by atoms with Gasteiger partial charge in [0.2, 0.25) is 0 Å². The second-order valence-electron chi connectivity index (χ2n) is 7.64. The average Bonchev–Trinajstić information content (AvgIpc) is 3.49. The van der Waals surface area contributed by atoms with Gasteiger partial charge in [-0.25, -0.2) is 4.79 Å². The van der Waals surface area contributed by atoms with Crippen molar-refractivity contribution in [2.75, 3.05) is 20.8 Å². The normalized spacial score (nSPS) is 15.7. The maximum absolute atomic E-state index is 13.0. The summed E-state index contributed by atoms with van der Waals surface area (Å²) in [4.78, 5) is 14.9. The number of likely N-dealkylation sites (tertiary alicyclic amines) is 1. The third-order valence-corrected chi connectivity index (χ3v) is 5.65. The van der Waals surface area contributed by atoms with E-state index in [2.05, 4.69) is 22.5 Å². The van der Waals surface area contributed by atoms with Gasteiger partial charge in [-0.2, -0.15) is 5.10 Å². The van der Waals surface area contributed by atoms with Gasteiger partial charge in [0.1, 0.15) is 11.5 Å². The number of aromatic nitrogens is 2. The summed E-state index contributed by atoms with van der Waals surface area (Å²) in [6.45, 7) is 1.90. The first-order valence-electron chi connectivity index (χ1n) is 10.5. The minimum absolute atomic E-state index is 0.0313. The fourth-order valence-electron chi connectivity index (χ4n) is 4.13. The zero-order chi connectivity index (χ0) is 21.6. The van der Waals surface area contributed by atoms with Crippen LogP contribution in [-0.2, 0) is 13.1 Å². The molecule has 3 aromatic rings. The molecule has 2 aromatic carbocycles. The van der Waals surface area contributed by atoms with E-state index in [0.717, 1.165) is 47.6 Å². The van der Waals surface area contributed by atoms with Crippen LogP contribution in [0.5, 0.6) is 11.5 Å². The Balaban J connectivity index is 1.43. The van der Waals surface area contributed by atoms with Crippen molar-refractivity contribution in [1.29, 1.82) is 0 Å². The number of methoxy groups -OCH3 is 2. The molecule has 1 atom stereocenters. The molecule has 0 saturated carbocycles. The van der Waals surface area contributed by atoms with Gasteiger partial charge in [0.15, 0.2) is 0 Å². The van der Waals surface area contributed by atoms with Gasteiger partial charge in [0.25, 0.3) is 0 Å². The van der Waals surface area contributed by atoms with E-state index in [-0.39, 0.29) is 12.1 Å². The number of ether oxygens (including phenoxy) is 2. The molecule has 2 amide bonds. The molecule has 1 saturated heterocycles. The van der Waals surface area contributed by atoms with E-state index >= 15 is 0 Å². The fraction of sp³-hybridized carbons (Fsp3) is 0.333. The first-order valence-corrected chi connectivity index (χ1v) is 10.5. The summed E-state index contributed by atoms with van der Waals surface area (Å²) in [7, 11) is 3.30. The third kappa shape index (κ3) is 4.82. The predicted molar refractivity (Wildman–Crippen MR) is 118 cm³/mol. The van der Waals surface area contributed by atoms with Gasteiger partial charge in [0.05, 0.1) is 26.8 Å². The lowest BCUT2D eigenvalue weighted by Crippen LogP contribution is -2.39. The molecule has 1 N–H and O–H groups in total. The standard InChI is InChI=1S/C24H28N4O3/c1-30-20-9-10-23(31-2)21(15-20)22-8-4-13-28(22)24(29)25-16-18-6-3-7-19(14-18)17-27-12-5-11-26-27/h3,5-7,9-12,14-15,22H,4,8,13,16-17H2,1-2H3,(H,25,29). The molecule has 31 heavy (non-hydrogen) atoms. The Bertz CT molecular complexity index is 1020. The Hall–Kier alpha value is -3.48. The number of nitrogens with one attached hydrogen (secondary N) is 1. The topological polar surface area (TPSA) is 68.6 Å².